The quantitative estimate of drug-likeness (QED) is 0.817. The number of hydrogen-bond donors (Lipinski definition) is 1. The van der Waals surface area contributed by atoms with Crippen LogP contribution in [0, 0.1) is 6.92 Å². The first-order valence-electron chi connectivity index (χ1n) is 8.93. The van der Waals surface area contributed by atoms with Gasteiger partial charge in [-0.3, -0.25) is 4.79 Å². The van der Waals surface area contributed by atoms with E-state index in [0.29, 0.717) is 12.8 Å². The van der Waals surface area contributed by atoms with Gasteiger partial charge in [0.2, 0.25) is 12.7 Å². The number of methoxy groups -OCH3 is 1. The Hall–Kier alpha value is -2.69. The third-order valence-electron chi connectivity index (χ3n) is 4.64. The Kier molecular flexibility index (Phi) is 5.66. The highest BCUT2D eigenvalue weighted by Crippen LogP contribution is 2.32. The van der Waals surface area contributed by atoms with Crippen LogP contribution < -0.4 is 19.5 Å². The molecule has 0 bridgehead atoms. The number of benzene rings is 2. The van der Waals surface area contributed by atoms with Crippen molar-refractivity contribution in [3.05, 3.63) is 53.1 Å². The van der Waals surface area contributed by atoms with Gasteiger partial charge in [0.1, 0.15) is 5.75 Å². The minimum Gasteiger partial charge on any atom is -0.496 e. The summed E-state index contributed by atoms with van der Waals surface area (Å²) in [4.78, 5) is 12.4. The number of carbonyl (C=O) groups is 1. The van der Waals surface area contributed by atoms with E-state index in [4.69, 9.17) is 14.2 Å². The van der Waals surface area contributed by atoms with E-state index >= 15 is 0 Å². The molecule has 1 amide bonds. The molecule has 2 aromatic rings. The van der Waals surface area contributed by atoms with Crippen molar-refractivity contribution in [1.82, 2.24) is 5.32 Å². The van der Waals surface area contributed by atoms with Gasteiger partial charge in [-0.15, -0.1) is 0 Å². The molecular weight excluding hydrogens is 330 g/mol. The molecule has 3 rings (SSSR count). The second-order valence-corrected chi connectivity index (χ2v) is 6.45. The first-order chi connectivity index (χ1) is 12.6. The van der Waals surface area contributed by atoms with Crippen molar-refractivity contribution < 1.29 is 19.0 Å². The Morgan fingerprint density at radius 3 is 2.73 bits per heavy atom. The normalized spacial score (nSPS) is 13.3. The zero-order chi connectivity index (χ0) is 18.5. The fourth-order valence-corrected chi connectivity index (χ4v) is 3.16. The standard InChI is InChI=1S/C21H25NO4/c1-4-17(16-7-9-18(24-3)14(2)11-16)22-21(23)10-6-15-5-8-19-20(12-15)26-13-25-19/h5,7-9,11-12,17H,4,6,10,13H2,1-3H3,(H,22,23). The molecule has 5 heteroatoms. The molecule has 1 aliphatic heterocycles. The minimum atomic E-state index is 0.00357. The van der Waals surface area contributed by atoms with E-state index < -0.39 is 0 Å². The molecule has 1 aliphatic rings. The highest BCUT2D eigenvalue weighted by molar-refractivity contribution is 5.76. The lowest BCUT2D eigenvalue weighted by Gasteiger charge is -2.19. The van der Waals surface area contributed by atoms with Crippen LogP contribution in [0.1, 0.15) is 42.5 Å². The summed E-state index contributed by atoms with van der Waals surface area (Å²) in [5, 5.41) is 3.13. The summed E-state index contributed by atoms with van der Waals surface area (Å²) in [7, 11) is 1.66. The van der Waals surface area contributed by atoms with Crippen LogP contribution in [0.5, 0.6) is 17.2 Å². The average Bonchev–Trinajstić information content (AvgIpc) is 3.12. The van der Waals surface area contributed by atoms with E-state index in [1.54, 1.807) is 7.11 Å². The van der Waals surface area contributed by atoms with Gasteiger partial charge < -0.3 is 19.5 Å². The van der Waals surface area contributed by atoms with Gasteiger partial charge >= 0.3 is 0 Å². The van der Waals surface area contributed by atoms with Crippen LogP contribution in [0.3, 0.4) is 0 Å². The van der Waals surface area contributed by atoms with E-state index in [-0.39, 0.29) is 18.7 Å². The van der Waals surface area contributed by atoms with E-state index in [0.717, 1.165) is 40.4 Å². The van der Waals surface area contributed by atoms with Gasteiger partial charge in [-0.2, -0.15) is 0 Å². The van der Waals surface area contributed by atoms with Crippen molar-refractivity contribution in [3.8, 4) is 17.2 Å². The van der Waals surface area contributed by atoms with Crippen LogP contribution in [-0.4, -0.2) is 19.8 Å². The zero-order valence-corrected chi connectivity index (χ0v) is 15.5. The molecule has 1 unspecified atom stereocenters. The van der Waals surface area contributed by atoms with E-state index in [1.165, 1.54) is 0 Å². The fourth-order valence-electron chi connectivity index (χ4n) is 3.16. The monoisotopic (exact) mass is 355 g/mol. The summed E-state index contributed by atoms with van der Waals surface area (Å²) in [6, 6.07) is 11.9. The number of hydrogen-bond acceptors (Lipinski definition) is 4. The lowest BCUT2D eigenvalue weighted by atomic mass is 10.0. The van der Waals surface area contributed by atoms with Crippen molar-refractivity contribution in [3.63, 3.8) is 0 Å². The van der Waals surface area contributed by atoms with Crippen LogP contribution in [-0.2, 0) is 11.2 Å². The molecule has 0 fully saturated rings. The summed E-state index contributed by atoms with van der Waals surface area (Å²) >= 11 is 0. The third kappa shape index (κ3) is 4.10. The van der Waals surface area contributed by atoms with Crippen molar-refractivity contribution in [2.75, 3.05) is 13.9 Å². The highest BCUT2D eigenvalue weighted by atomic mass is 16.7. The predicted octanol–water partition coefficient (Wildman–Crippen LogP) is 3.93. The van der Waals surface area contributed by atoms with Gasteiger partial charge in [0.05, 0.1) is 13.2 Å². The van der Waals surface area contributed by atoms with E-state index in [9.17, 15) is 4.79 Å². The molecule has 5 nitrogen and oxygen atoms in total. The second-order valence-electron chi connectivity index (χ2n) is 6.45. The molecule has 1 heterocycles. The van der Waals surface area contributed by atoms with Gasteiger partial charge in [-0.25, -0.2) is 0 Å². The van der Waals surface area contributed by atoms with Gasteiger partial charge in [-0.1, -0.05) is 25.1 Å². The third-order valence-corrected chi connectivity index (χ3v) is 4.64. The Bertz CT molecular complexity index is 788. The van der Waals surface area contributed by atoms with E-state index in [1.807, 2.05) is 37.3 Å². The first kappa shape index (κ1) is 18.1. The lowest BCUT2D eigenvalue weighted by Crippen LogP contribution is -2.28. The summed E-state index contributed by atoms with van der Waals surface area (Å²) in [5.74, 6) is 2.42. The molecule has 0 aliphatic carbocycles. The Morgan fingerprint density at radius 2 is 2.00 bits per heavy atom. The van der Waals surface area contributed by atoms with Gasteiger partial charge in [0.25, 0.3) is 0 Å². The molecule has 0 radical (unpaired) electrons. The minimum absolute atomic E-state index is 0.00357. The number of nitrogens with one attached hydrogen (secondary N) is 1. The predicted molar refractivity (Wildman–Crippen MR) is 99.8 cm³/mol. The van der Waals surface area contributed by atoms with Gasteiger partial charge in [0.15, 0.2) is 11.5 Å². The molecule has 1 N–H and O–H groups in total. The van der Waals surface area contributed by atoms with Crippen LogP contribution in [0.15, 0.2) is 36.4 Å². The van der Waals surface area contributed by atoms with Crippen molar-refractivity contribution >= 4 is 5.91 Å². The maximum Gasteiger partial charge on any atom is 0.231 e. The lowest BCUT2D eigenvalue weighted by molar-refractivity contribution is -0.121. The molecule has 0 saturated carbocycles. The summed E-state index contributed by atoms with van der Waals surface area (Å²) in [5.41, 5.74) is 3.23. The van der Waals surface area contributed by atoms with Crippen LogP contribution in [0.4, 0.5) is 0 Å². The Balaban J connectivity index is 1.58. The number of fused-ring (bicyclic) bond motifs is 1. The first-order valence-corrected chi connectivity index (χ1v) is 8.93. The molecular formula is C21H25NO4. The maximum atomic E-state index is 12.4. The Labute approximate surface area is 154 Å². The van der Waals surface area contributed by atoms with Crippen molar-refractivity contribution in [2.45, 2.75) is 39.2 Å². The highest BCUT2D eigenvalue weighted by Gasteiger charge is 2.16. The largest absolute Gasteiger partial charge is 0.496 e. The number of carbonyl (C=O) groups excluding carboxylic acids is 1. The maximum absolute atomic E-state index is 12.4. The fraction of sp³-hybridized carbons (Fsp3) is 0.381. The summed E-state index contributed by atoms with van der Waals surface area (Å²) in [6.07, 6.45) is 1.94. The summed E-state index contributed by atoms with van der Waals surface area (Å²) < 4.78 is 16.0. The van der Waals surface area contributed by atoms with Crippen molar-refractivity contribution in [2.24, 2.45) is 0 Å². The second kappa shape index (κ2) is 8.13. The summed E-state index contributed by atoms with van der Waals surface area (Å²) in [6.45, 7) is 4.34. The molecule has 2 aromatic carbocycles. The van der Waals surface area contributed by atoms with Crippen LogP contribution in [0.25, 0.3) is 0 Å². The molecule has 1 atom stereocenters. The van der Waals surface area contributed by atoms with Gasteiger partial charge in [-0.05, 0) is 54.7 Å². The molecule has 138 valence electrons. The van der Waals surface area contributed by atoms with Gasteiger partial charge in [0, 0.05) is 6.42 Å². The SMILES string of the molecule is CCC(NC(=O)CCc1ccc2c(c1)OCO2)c1ccc(OC)c(C)c1. The molecule has 0 spiro atoms. The van der Waals surface area contributed by atoms with Crippen molar-refractivity contribution in [1.29, 1.82) is 0 Å². The smallest absolute Gasteiger partial charge is 0.231 e. The average molecular weight is 355 g/mol. The van der Waals surface area contributed by atoms with Crippen LogP contribution >= 0.6 is 0 Å². The zero-order valence-electron chi connectivity index (χ0n) is 15.5. The van der Waals surface area contributed by atoms with E-state index in [2.05, 4.69) is 18.3 Å². The molecule has 0 aromatic heterocycles. The molecule has 0 saturated heterocycles. The number of ether oxygens (including phenoxy) is 3. The number of amides is 1. The molecule has 26 heavy (non-hydrogen) atoms. The Morgan fingerprint density at radius 1 is 1.19 bits per heavy atom. The topological polar surface area (TPSA) is 56.8 Å². The van der Waals surface area contributed by atoms with Crippen LogP contribution in [0.2, 0.25) is 0 Å². The number of rotatable bonds is 7. The number of aryl methyl sites for hydroxylation is 2.